The topological polar surface area (TPSA) is 127 Å². The molecule has 5 saturated carbocycles. The van der Waals surface area contributed by atoms with Gasteiger partial charge in [-0.2, -0.15) is 0 Å². The number of rotatable bonds is 10. The number of ether oxygens (including phenoxy) is 4. The van der Waals surface area contributed by atoms with Gasteiger partial charge in [0, 0.05) is 75.5 Å². The summed E-state index contributed by atoms with van der Waals surface area (Å²) in [5.41, 5.74) is -1.65. The van der Waals surface area contributed by atoms with Crippen molar-refractivity contribution in [1.82, 2.24) is 4.90 Å². The van der Waals surface area contributed by atoms with E-state index in [4.69, 9.17) is 18.9 Å². The number of hydrogen-bond donors (Lipinski definition) is 3. The highest BCUT2D eigenvalue weighted by molar-refractivity contribution is 6.06. The molecule has 0 radical (unpaired) electrons. The first-order valence-electron chi connectivity index (χ1n) is 18.7. The van der Waals surface area contributed by atoms with Crippen LogP contribution in [0.3, 0.4) is 0 Å². The van der Waals surface area contributed by atoms with Gasteiger partial charge in [-0.05, 0) is 68.0 Å². The SMILES string of the molecule is CCc1cccc(/C=C/C(=O)Nc2ccccc2C(=O)O[C@@]23CC[C@H](OC)[C@]45C([C@@H](C[C@H]24)[C@@]2(O)C[C@H](OC)[C@H]4C[C@@H]5[C@]2(O)[C@H]4OC)N(CC)C3)c1. The van der Waals surface area contributed by atoms with Crippen molar-refractivity contribution >= 4 is 23.6 Å². The number of esters is 1. The minimum atomic E-state index is -1.50. The number of anilines is 1. The molecule has 2 aromatic rings. The van der Waals surface area contributed by atoms with Crippen molar-refractivity contribution in [2.24, 2.45) is 29.1 Å². The van der Waals surface area contributed by atoms with Gasteiger partial charge in [0.05, 0.1) is 29.6 Å². The number of likely N-dealkylation sites (tertiary alicyclic amines) is 1. The van der Waals surface area contributed by atoms with E-state index in [-0.39, 0.29) is 53.4 Å². The second kappa shape index (κ2) is 12.5. The smallest absolute Gasteiger partial charge is 0.340 e. The molecule has 5 aliphatic carbocycles. The fourth-order valence-electron chi connectivity index (χ4n) is 12.7. The highest BCUT2D eigenvalue weighted by Crippen LogP contribution is 2.79. The standard InChI is InChI=1S/C41H52N2O8/c1-6-24-11-10-12-25(19-24)15-16-34(44)42-29-14-9-8-13-26(29)37(45)51-38-18-17-33(49-4)40-31(38)21-28(35(40)43(7-2)23-38)39(46)22-30(48-3)27-20-32(40)41(39,47)36(27)50-5/h8-16,19,27-28,30-33,35-36,46-47H,6-7,17-18,20-23H2,1-5H3,(H,42,44)/b16-15+/t27-,28-,30+,31-,32+,33+,35?,36+,38-,39+,40+,41+/m1/s1. The number of amides is 1. The zero-order valence-corrected chi connectivity index (χ0v) is 30.3. The molecule has 10 heteroatoms. The van der Waals surface area contributed by atoms with Crippen LogP contribution in [0.2, 0.25) is 0 Å². The number of methoxy groups -OCH3 is 3. The molecule has 7 bridgehead atoms. The summed E-state index contributed by atoms with van der Waals surface area (Å²) in [6.45, 7) is 5.43. The lowest BCUT2D eigenvalue weighted by atomic mass is 9.44. The number of nitrogens with zero attached hydrogens (tertiary/aromatic N) is 1. The van der Waals surface area contributed by atoms with Crippen LogP contribution in [0.25, 0.3) is 6.08 Å². The molecular formula is C41H52N2O8. The van der Waals surface area contributed by atoms with E-state index < -0.39 is 34.3 Å². The Kier molecular flexibility index (Phi) is 8.56. The third-order valence-electron chi connectivity index (χ3n) is 14.4. The van der Waals surface area contributed by atoms with E-state index in [0.717, 1.165) is 12.0 Å². The molecule has 6 fully saturated rings. The summed E-state index contributed by atoms with van der Waals surface area (Å²) in [5.74, 6) is -1.74. The summed E-state index contributed by atoms with van der Waals surface area (Å²) in [4.78, 5) is 30.0. The van der Waals surface area contributed by atoms with Crippen LogP contribution in [0.5, 0.6) is 0 Å². The highest BCUT2D eigenvalue weighted by Gasteiger charge is 2.89. The van der Waals surface area contributed by atoms with Crippen LogP contribution in [0, 0.1) is 29.1 Å². The summed E-state index contributed by atoms with van der Waals surface area (Å²) < 4.78 is 25.3. The van der Waals surface area contributed by atoms with E-state index >= 15 is 0 Å². The molecular weight excluding hydrogens is 648 g/mol. The number of piperidine rings is 1. The maximum Gasteiger partial charge on any atom is 0.340 e. The minimum absolute atomic E-state index is 0.0666. The van der Waals surface area contributed by atoms with Gasteiger partial charge in [-0.25, -0.2) is 4.79 Å². The first kappa shape index (κ1) is 34.9. The molecule has 1 spiro atoms. The Bertz CT molecular complexity index is 1730. The van der Waals surface area contributed by atoms with Crippen LogP contribution in [0.1, 0.15) is 67.4 Å². The summed E-state index contributed by atoms with van der Waals surface area (Å²) in [6.07, 6.45) is 5.91. The Labute approximate surface area is 300 Å². The van der Waals surface area contributed by atoms with Gasteiger partial charge in [0.25, 0.3) is 0 Å². The fraction of sp³-hybridized carbons (Fsp3) is 0.610. The molecule has 51 heavy (non-hydrogen) atoms. The van der Waals surface area contributed by atoms with Crippen LogP contribution < -0.4 is 5.32 Å². The Morgan fingerprint density at radius 3 is 2.53 bits per heavy atom. The quantitative estimate of drug-likeness (QED) is 0.243. The fourth-order valence-corrected chi connectivity index (χ4v) is 12.7. The number of fused-ring (bicyclic) bond motifs is 2. The number of aryl methyl sites for hydroxylation is 1. The van der Waals surface area contributed by atoms with Crippen molar-refractivity contribution in [3.63, 3.8) is 0 Å². The molecule has 0 aromatic heterocycles. The lowest BCUT2D eigenvalue weighted by Gasteiger charge is -2.70. The van der Waals surface area contributed by atoms with Crippen molar-refractivity contribution in [2.45, 2.75) is 93.5 Å². The van der Waals surface area contributed by atoms with Gasteiger partial charge in [-0.1, -0.05) is 50.2 Å². The average molecular weight is 701 g/mol. The zero-order chi connectivity index (χ0) is 35.9. The molecule has 1 amide bonds. The van der Waals surface area contributed by atoms with Crippen molar-refractivity contribution < 1.29 is 38.7 Å². The molecule has 2 aromatic carbocycles. The number of nitrogens with one attached hydrogen (secondary N) is 1. The van der Waals surface area contributed by atoms with Crippen molar-refractivity contribution in [3.8, 4) is 0 Å². The third-order valence-corrected chi connectivity index (χ3v) is 14.4. The maximum absolute atomic E-state index is 14.5. The van der Waals surface area contributed by atoms with E-state index in [1.807, 2.05) is 18.2 Å². The zero-order valence-electron chi connectivity index (χ0n) is 30.3. The lowest BCUT2D eigenvalue weighted by Crippen LogP contribution is -2.83. The summed E-state index contributed by atoms with van der Waals surface area (Å²) >= 11 is 0. The molecule has 8 rings (SSSR count). The van der Waals surface area contributed by atoms with Crippen LogP contribution in [-0.2, 0) is 30.2 Å². The maximum atomic E-state index is 14.5. The second-order valence-electron chi connectivity index (χ2n) is 15.9. The molecule has 1 heterocycles. The molecule has 1 aliphatic heterocycles. The predicted octanol–water partition coefficient (Wildman–Crippen LogP) is 4.48. The van der Waals surface area contributed by atoms with Gasteiger partial charge in [0.2, 0.25) is 5.91 Å². The van der Waals surface area contributed by atoms with Gasteiger partial charge < -0.3 is 34.5 Å². The largest absolute Gasteiger partial charge is 0.454 e. The Morgan fingerprint density at radius 2 is 1.80 bits per heavy atom. The third kappa shape index (κ3) is 4.63. The van der Waals surface area contributed by atoms with Crippen molar-refractivity contribution in [3.05, 3.63) is 71.3 Å². The first-order valence-corrected chi connectivity index (χ1v) is 18.7. The van der Waals surface area contributed by atoms with Crippen molar-refractivity contribution in [2.75, 3.05) is 39.7 Å². The first-order chi connectivity index (χ1) is 24.6. The Hall–Kier alpha value is -3.12. The molecule has 274 valence electrons. The van der Waals surface area contributed by atoms with E-state index in [1.54, 1.807) is 51.7 Å². The molecule has 10 nitrogen and oxygen atoms in total. The minimum Gasteiger partial charge on any atom is -0.454 e. The summed E-state index contributed by atoms with van der Waals surface area (Å²) in [7, 11) is 5.06. The molecule has 6 aliphatic rings. The van der Waals surface area contributed by atoms with Crippen LogP contribution in [-0.4, -0.2) is 103 Å². The monoisotopic (exact) mass is 700 g/mol. The number of carbonyl (C=O) groups is 2. The number of aliphatic hydroxyl groups is 2. The highest BCUT2D eigenvalue weighted by atomic mass is 16.6. The van der Waals surface area contributed by atoms with Crippen LogP contribution >= 0.6 is 0 Å². The number of para-hydroxylation sites is 1. The van der Waals surface area contributed by atoms with E-state index in [0.29, 0.717) is 50.9 Å². The molecule has 12 atom stereocenters. The Balaban J connectivity index is 1.14. The van der Waals surface area contributed by atoms with Gasteiger partial charge in [0.1, 0.15) is 16.8 Å². The average Bonchev–Trinajstić information content (AvgIpc) is 3.57. The van der Waals surface area contributed by atoms with Gasteiger partial charge >= 0.3 is 5.97 Å². The second-order valence-corrected chi connectivity index (χ2v) is 15.9. The van der Waals surface area contributed by atoms with Crippen LogP contribution in [0.15, 0.2) is 54.6 Å². The summed E-state index contributed by atoms with van der Waals surface area (Å²) in [5, 5.41) is 28.9. The lowest BCUT2D eigenvalue weighted by molar-refractivity contribution is -0.337. The predicted molar refractivity (Wildman–Crippen MR) is 191 cm³/mol. The van der Waals surface area contributed by atoms with E-state index in [2.05, 4.69) is 30.1 Å². The number of carbonyl (C=O) groups excluding carboxylic acids is 2. The van der Waals surface area contributed by atoms with E-state index in [9.17, 15) is 19.8 Å². The van der Waals surface area contributed by atoms with Gasteiger partial charge in [-0.15, -0.1) is 0 Å². The van der Waals surface area contributed by atoms with Crippen molar-refractivity contribution in [1.29, 1.82) is 0 Å². The van der Waals surface area contributed by atoms with Gasteiger partial charge in [-0.3, -0.25) is 9.69 Å². The van der Waals surface area contributed by atoms with E-state index in [1.165, 1.54) is 11.6 Å². The van der Waals surface area contributed by atoms with Gasteiger partial charge in [0.15, 0.2) is 0 Å². The van der Waals surface area contributed by atoms with Crippen LogP contribution in [0.4, 0.5) is 5.69 Å². The normalized spacial score (nSPS) is 41.9. The molecule has 1 saturated heterocycles. The number of likely N-dealkylation sites (N-methyl/N-ethyl adjacent to an activating group) is 1. The molecule has 3 N–H and O–H groups in total. The number of hydrogen-bond acceptors (Lipinski definition) is 9. The Morgan fingerprint density at radius 1 is 1.00 bits per heavy atom. The summed E-state index contributed by atoms with van der Waals surface area (Å²) in [6, 6.07) is 14.9. The number of benzene rings is 2. The molecule has 1 unspecified atom stereocenters.